The number of hydrogen-bond donors (Lipinski definition) is 0. The van der Waals surface area contributed by atoms with Crippen LogP contribution in [-0.4, -0.2) is 38.0 Å². The van der Waals surface area contributed by atoms with E-state index in [0.29, 0.717) is 16.4 Å². The Labute approximate surface area is 170 Å². The van der Waals surface area contributed by atoms with E-state index >= 15 is 0 Å². The lowest BCUT2D eigenvalue weighted by Gasteiger charge is -2.27. The van der Waals surface area contributed by atoms with Gasteiger partial charge in [0.2, 0.25) is 0 Å². The molecule has 146 valence electrons. The first kappa shape index (κ1) is 18.9. The van der Waals surface area contributed by atoms with Crippen molar-refractivity contribution < 1.29 is 4.79 Å². The zero-order valence-corrected chi connectivity index (χ0v) is 17.1. The molecule has 4 rings (SSSR count). The molecule has 0 spiro atoms. The molecule has 1 aromatic carbocycles. The molecule has 3 aromatic rings. The van der Waals surface area contributed by atoms with Crippen molar-refractivity contribution in [2.75, 3.05) is 6.54 Å². The summed E-state index contributed by atoms with van der Waals surface area (Å²) in [4.78, 5) is 19.9. The number of aryl methyl sites for hydroxylation is 1. The van der Waals surface area contributed by atoms with Crippen molar-refractivity contribution in [3.8, 4) is 11.3 Å². The van der Waals surface area contributed by atoms with E-state index in [9.17, 15) is 4.79 Å². The molecule has 28 heavy (non-hydrogen) atoms. The number of benzene rings is 1. The molecule has 0 N–H and O–H groups in total. The van der Waals surface area contributed by atoms with Crippen molar-refractivity contribution in [3.05, 3.63) is 52.8 Å². The molecule has 0 radical (unpaired) electrons. The number of rotatable bonds is 3. The number of nitrogens with zero attached hydrogens (tertiary/aromatic N) is 4. The van der Waals surface area contributed by atoms with Gasteiger partial charge >= 0.3 is 0 Å². The largest absolute Gasteiger partial charge is 0.335 e. The van der Waals surface area contributed by atoms with Crippen LogP contribution in [0.4, 0.5) is 0 Å². The fourth-order valence-electron chi connectivity index (χ4n) is 3.92. The molecule has 6 heteroatoms. The fourth-order valence-corrected chi connectivity index (χ4v) is 4.16. The lowest BCUT2D eigenvalue weighted by atomic mass is 10.1. The first-order valence-corrected chi connectivity index (χ1v) is 10.4. The second-order valence-corrected chi connectivity index (χ2v) is 7.87. The van der Waals surface area contributed by atoms with E-state index in [2.05, 4.69) is 18.8 Å². The highest BCUT2D eigenvalue weighted by Gasteiger charge is 2.25. The lowest BCUT2D eigenvalue weighted by Crippen LogP contribution is -2.38. The van der Waals surface area contributed by atoms with E-state index in [1.54, 1.807) is 0 Å². The van der Waals surface area contributed by atoms with Crippen LogP contribution in [0.25, 0.3) is 16.9 Å². The van der Waals surface area contributed by atoms with Gasteiger partial charge in [0.1, 0.15) is 5.69 Å². The quantitative estimate of drug-likeness (QED) is 0.624. The molecule has 0 bridgehead atoms. The Morgan fingerprint density at radius 3 is 2.82 bits per heavy atom. The van der Waals surface area contributed by atoms with Gasteiger partial charge in [0, 0.05) is 29.9 Å². The van der Waals surface area contributed by atoms with Crippen LogP contribution in [0.2, 0.25) is 5.02 Å². The summed E-state index contributed by atoms with van der Waals surface area (Å²) in [6, 6.07) is 11.7. The number of fused-ring (bicyclic) bond motifs is 1. The zero-order chi connectivity index (χ0) is 19.7. The highest BCUT2D eigenvalue weighted by atomic mass is 35.5. The molecular weight excluding hydrogens is 372 g/mol. The minimum absolute atomic E-state index is 0.0205. The molecule has 1 aliphatic rings. The lowest BCUT2D eigenvalue weighted by molar-refractivity contribution is 0.0692. The highest BCUT2D eigenvalue weighted by Crippen LogP contribution is 2.28. The molecular formula is C22H25ClN4O. The van der Waals surface area contributed by atoms with Crippen LogP contribution in [0.1, 0.15) is 55.7 Å². The predicted octanol–water partition coefficient (Wildman–Crippen LogP) is 5.02. The Morgan fingerprint density at radius 1 is 1.21 bits per heavy atom. The summed E-state index contributed by atoms with van der Waals surface area (Å²) >= 11 is 6.34. The van der Waals surface area contributed by atoms with Gasteiger partial charge in [-0.2, -0.15) is 5.10 Å². The van der Waals surface area contributed by atoms with Gasteiger partial charge < -0.3 is 4.90 Å². The number of hydrogen-bond acceptors (Lipinski definition) is 3. The minimum atomic E-state index is 0.0205. The van der Waals surface area contributed by atoms with Gasteiger partial charge in [0.25, 0.3) is 5.91 Å². The monoisotopic (exact) mass is 396 g/mol. The summed E-state index contributed by atoms with van der Waals surface area (Å²) in [5.41, 5.74) is 3.78. The summed E-state index contributed by atoms with van der Waals surface area (Å²) < 4.78 is 1.82. The Balaban J connectivity index is 1.76. The second-order valence-electron chi connectivity index (χ2n) is 7.46. The van der Waals surface area contributed by atoms with Gasteiger partial charge in [-0.25, -0.2) is 9.50 Å². The zero-order valence-electron chi connectivity index (χ0n) is 16.4. The number of aromatic nitrogens is 3. The molecule has 5 nitrogen and oxygen atoms in total. The molecule has 1 amide bonds. The Morgan fingerprint density at radius 2 is 2.04 bits per heavy atom. The van der Waals surface area contributed by atoms with E-state index in [4.69, 9.17) is 16.7 Å². The van der Waals surface area contributed by atoms with Gasteiger partial charge in [-0.1, -0.05) is 49.6 Å². The predicted molar refractivity (Wildman–Crippen MR) is 112 cm³/mol. The number of halogens is 1. The summed E-state index contributed by atoms with van der Waals surface area (Å²) in [7, 11) is 0. The average Bonchev–Trinajstić information content (AvgIpc) is 3.01. The van der Waals surface area contributed by atoms with Crippen LogP contribution in [-0.2, 0) is 6.42 Å². The standard InChI is InChI=1S/C22H25ClN4O/c1-3-16-13-20(22(28)26-12-8-4-5-9-15(26)2)24-21-14-19(25-27(16)21)17-10-6-7-11-18(17)23/h6-7,10-11,13-15H,3-5,8-9,12H2,1-2H3. The van der Waals surface area contributed by atoms with Crippen molar-refractivity contribution in [1.29, 1.82) is 0 Å². The van der Waals surface area contributed by atoms with Crippen molar-refractivity contribution in [1.82, 2.24) is 19.5 Å². The maximum absolute atomic E-state index is 13.2. The SMILES string of the molecule is CCc1cc(C(=O)N2CCCCCC2C)nc2cc(-c3ccccc3Cl)nn12. The fraction of sp³-hybridized carbons (Fsp3) is 0.409. The number of carbonyl (C=O) groups is 1. The first-order valence-electron chi connectivity index (χ1n) is 10.0. The Hall–Kier alpha value is -2.40. The number of likely N-dealkylation sites (tertiary alicyclic amines) is 1. The molecule has 1 atom stereocenters. The molecule has 1 unspecified atom stereocenters. The maximum Gasteiger partial charge on any atom is 0.272 e. The third-order valence-corrected chi connectivity index (χ3v) is 5.88. The van der Waals surface area contributed by atoms with Crippen LogP contribution in [0.5, 0.6) is 0 Å². The molecule has 0 aliphatic carbocycles. The first-order chi connectivity index (χ1) is 13.6. The molecule has 0 saturated carbocycles. The summed E-state index contributed by atoms with van der Waals surface area (Å²) in [6.07, 6.45) is 5.24. The Kier molecular flexibility index (Phi) is 5.36. The topological polar surface area (TPSA) is 50.5 Å². The van der Waals surface area contributed by atoms with Gasteiger partial charge in [-0.05, 0) is 38.3 Å². The third kappa shape index (κ3) is 3.51. The summed E-state index contributed by atoms with van der Waals surface area (Å²) in [5.74, 6) is 0.0205. The third-order valence-electron chi connectivity index (χ3n) is 5.55. The van der Waals surface area contributed by atoms with Gasteiger partial charge in [0.15, 0.2) is 5.65 Å². The minimum Gasteiger partial charge on any atom is -0.335 e. The van der Waals surface area contributed by atoms with Crippen LogP contribution >= 0.6 is 11.6 Å². The van der Waals surface area contributed by atoms with E-state index in [0.717, 1.165) is 42.8 Å². The molecule has 1 fully saturated rings. The molecule has 1 saturated heterocycles. The second kappa shape index (κ2) is 7.92. The van der Waals surface area contributed by atoms with Crippen LogP contribution < -0.4 is 0 Å². The van der Waals surface area contributed by atoms with Crippen molar-refractivity contribution in [2.24, 2.45) is 0 Å². The maximum atomic E-state index is 13.2. The van der Waals surface area contributed by atoms with Crippen molar-refractivity contribution in [2.45, 2.75) is 52.0 Å². The highest BCUT2D eigenvalue weighted by molar-refractivity contribution is 6.33. The summed E-state index contributed by atoms with van der Waals surface area (Å²) in [5, 5.41) is 5.35. The normalized spacial score (nSPS) is 17.7. The summed E-state index contributed by atoms with van der Waals surface area (Å²) in [6.45, 7) is 5.00. The van der Waals surface area contributed by atoms with Gasteiger partial charge in [0.05, 0.1) is 10.7 Å². The van der Waals surface area contributed by atoms with Gasteiger partial charge in [-0.15, -0.1) is 0 Å². The van der Waals surface area contributed by atoms with E-state index in [1.807, 2.05) is 45.8 Å². The van der Waals surface area contributed by atoms with Gasteiger partial charge in [-0.3, -0.25) is 4.79 Å². The van der Waals surface area contributed by atoms with Crippen molar-refractivity contribution in [3.63, 3.8) is 0 Å². The van der Waals surface area contributed by atoms with Crippen LogP contribution in [0, 0.1) is 0 Å². The van der Waals surface area contributed by atoms with E-state index < -0.39 is 0 Å². The molecule has 3 heterocycles. The molecule has 1 aliphatic heterocycles. The molecule has 2 aromatic heterocycles. The van der Waals surface area contributed by atoms with Crippen molar-refractivity contribution >= 4 is 23.2 Å². The average molecular weight is 397 g/mol. The van der Waals surface area contributed by atoms with Crippen LogP contribution in [0.15, 0.2) is 36.4 Å². The Bertz CT molecular complexity index is 1010. The van der Waals surface area contributed by atoms with E-state index in [1.165, 1.54) is 12.8 Å². The van der Waals surface area contributed by atoms with E-state index in [-0.39, 0.29) is 11.9 Å². The number of carbonyl (C=O) groups excluding carboxylic acids is 1. The number of amides is 1. The van der Waals surface area contributed by atoms with Crippen LogP contribution in [0.3, 0.4) is 0 Å². The smallest absolute Gasteiger partial charge is 0.272 e.